The van der Waals surface area contributed by atoms with E-state index >= 15 is 0 Å². The van der Waals surface area contributed by atoms with E-state index < -0.39 is 0 Å². The molecule has 1 saturated heterocycles. The Balaban J connectivity index is 1.91. The third-order valence-electron chi connectivity index (χ3n) is 3.37. The molecular weight excluding hydrogens is 238 g/mol. The van der Waals surface area contributed by atoms with Gasteiger partial charge in [0.1, 0.15) is 12.4 Å². The van der Waals surface area contributed by atoms with Gasteiger partial charge in [0.2, 0.25) is 0 Å². The maximum absolute atomic E-state index is 5.91. The summed E-state index contributed by atoms with van der Waals surface area (Å²) in [5.41, 5.74) is 1.29. The second kappa shape index (κ2) is 7.48. The molecule has 1 aromatic carbocycles. The van der Waals surface area contributed by atoms with E-state index in [1.165, 1.54) is 5.56 Å². The van der Waals surface area contributed by atoms with Crippen LogP contribution in [0.4, 0.5) is 0 Å². The second-order valence-electron chi connectivity index (χ2n) is 5.29. The quantitative estimate of drug-likeness (QED) is 0.830. The monoisotopic (exact) mass is 263 g/mol. The molecule has 0 saturated carbocycles. The first-order valence-corrected chi connectivity index (χ1v) is 7.04. The summed E-state index contributed by atoms with van der Waals surface area (Å²) in [5, 5.41) is 3.38. The maximum Gasteiger partial charge on any atom is 0.123 e. The van der Waals surface area contributed by atoms with Crippen LogP contribution in [0.25, 0.3) is 0 Å². The van der Waals surface area contributed by atoms with Gasteiger partial charge in [-0.2, -0.15) is 0 Å². The Morgan fingerprint density at radius 1 is 1.21 bits per heavy atom. The highest BCUT2D eigenvalue weighted by Gasteiger charge is 2.12. The Morgan fingerprint density at radius 3 is 2.68 bits per heavy atom. The van der Waals surface area contributed by atoms with Crippen LogP contribution in [0.15, 0.2) is 24.3 Å². The van der Waals surface area contributed by atoms with E-state index in [0.29, 0.717) is 0 Å². The zero-order valence-corrected chi connectivity index (χ0v) is 12.1. The molecule has 0 aromatic heterocycles. The van der Waals surface area contributed by atoms with Gasteiger partial charge in [0.05, 0.1) is 0 Å². The highest BCUT2D eigenvalue weighted by atomic mass is 16.5. The van der Waals surface area contributed by atoms with Crippen LogP contribution in [-0.4, -0.2) is 63.2 Å². The molecule has 1 N–H and O–H groups in total. The van der Waals surface area contributed by atoms with E-state index in [4.69, 9.17) is 4.74 Å². The van der Waals surface area contributed by atoms with Gasteiger partial charge in [-0.25, -0.2) is 0 Å². The summed E-state index contributed by atoms with van der Waals surface area (Å²) in [6.45, 7) is 7.08. The molecule has 1 heterocycles. The van der Waals surface area contributed by atoms with Gasteiger partial charge < -0.3 is 15.0 Å². The van der Waals surface area contributed by atoms with Gasteiger partial charge in [-0.15, -0.1) is 0 Å². The SMILES string of the molecule is CN(C)CCOc1ccccc1CN1CCNCC1. The van der Waals surface area contributed by atoms with Gasteiger partial charge >= 0.3 is 0 Å². The Labute approximate surface area is 116 Å². The van der Waals surface area contributed by atoms with Crippen LogP contribution < -0.4 is 10.1 Å². The normalized spacial score (nSPS) is 16.8. The van der Waals surface area contributed by atoms with Crippen LogP contribution in [0.2, 0.25) is 0 Å². The Morgan fingerprint density at radius 2 is 1.95 bits per heavy atom. The van der Waals surface area contributed by atoms with E-state index in [1.54, 1.807) is 0 Å². The molecule has 1 aromatic rings. The zero-order valence-electron chi connectivity index (χ0n) is 12.1. The van der Waals surface area contributed by atoms with Crippen molar-refractivity contribution in [2.24, 2.45) is 0 Å². The van der Waals surface area contributed by atoms with E-state index in [9.17, 15) is 0 Å². The third-order valence-corrected chi connectivity index (χ3v) is 3.37. The predicted octanol–water partition coefficient (Wildman–Crippen LogP) is 1.03. The van der Waals surface area contributed by atoms with Crippen molar-refractivity contribution in [2.45, 2.75) is 6.54 Å². The molecule has 0 aliphatic carbocycles. The number of hydrogen-bond acceptors (Lipinski definition) is 4. The molecule has 4 nitrogen and oxygen atoms in total. The van der Waals surface area contributed by atoms with E-state index in [-0.39, 0.29) is 0 Å². The number of nitrogens with zero attached hydrogens (tertiary/aromatic N) is 2. The van der Waals surface area contributed by atoms with Crippen molar-refractivity contribution in [1.82, 2.24) is 15.1 Å². The lowest BCUT2D eigenvalue weighted by molar-refractivity contribution is 0.223. The van der Waals surface area contributed by atoms with Crippen LogP contribution in [0.5, 0.6) is 5.75 Å². The van der Waals surface area contributed by atoms with E-state index in [1.807, 2.05) is 6.07 Å². The molecular formula is C15H25N3O. The van der Waals surface area contributed by atoms with Gasteiger partial charge in [-0.05, 0) is 20.2 Å². The number of piperazine rings is 1. The van der Waals surface area contributed by atoms with E-state index in [0.717, 1.165) is 51.6 Å². The Bertz CT molecular complexity index is 375. The summed E-state index contributed by atoms with van der Waals surface area (Å²) in [6, 6.07) is 8.39. The molecule has 0 radical (unpaired) electrons. The van der Waals surface area contributed by atoms with Crippen molar-refractivity contribution in [3.8, 4) is 5.75 Å². The topological polar surface area (TPSA) is 27.7 Å². The van der Waals surface area contributed by atoms with Crippen molar-refractivity contribution in [3.05, 3.63) is 29.8 Å². The van der Waals surface area contributed by atoms with Crippen LogP contribution in [0.3, 0.4) is 0 Å². The van der Waals surface area contributed by atoms with Gasteiger partial charge in [-0.3, -0.25) is 4.90 Å². The summed E-state index contributed by atoms with van der Waals surface area (Å²) >= 11 is 0. The first-order valence-electron chi connectivity index (χ1n) is 7.04. The fourth-order valence-corrected chi connectivity index (χ4v) is 2.22. The molecule has 1 fully saturated rings. The van der Waals surface area contributed by atoms with Crippen LogP contribution >= 0.6 is 0 Å². The smallest absolute Gasteiger partial charge is 0.123 e. The predicted molar refractivity (Wildman–Crippen MR) is 78.6 cm³/mol. The average molecular weight is 263 g/mol. The molecule has 19 heavy (non-hydrogen) atoms. The molecule has 0 atom stereocenters. The van der Waals surface area contributed by atoms with Crippen LogP contribution in [0.1, 0.15) is 5.56 Å². The van der Waals surface area contributed by atoms with Crippen molar-refractivity contribution >= 4 is 0 Å². The molecule has 1 aliphatic heterocycles. The summed E-state index contributed by atoms with van der Waals surface area (Å²) in [7, 11) is 4.13. The molecule has 2 rings (SSSR count). The van der Waals surface area contributed by atoms with Crippen molar-refractivity contribution in [3.63, 3.8) is 0 Å². The minimum absolute atomic E-state index is 0.742. The summed E-state index contributed by atoms with van der Waals surface area (Å²) in [6.07, 6.45) is 0. The molecule has 0 unspecified atom stereocenters. The number of nitrogens with one attached hydrogen (secondary N) is 1. The first kappa shape index (κ1) is 14.3. The Kier molecular flexibility index (Phi) is 5.63. The number of rotatable bonds is 6. The number of hydrogen-bond donors (Lipinski definition) is 1. The number of likely N-dealkylation sites (N-methyl/N-ethyl adjacent to an activating group) is 1. The van der Waals surface area contributed by atoms with Crippen LogP contribution in [0, 0.1) is 0 Å². The Hall–Kier alpha value is -1.10. The lowest BCUT2D eigenvalue weighted by atomic mass is 10.2. The fourth-order valence-electron chi connectivity index (χ4n) is 2.22. The highest BCUT2D eigenvalue weighted by Crippen LogP contribution is 2.20. The van der Waals surface area contributed by atoms with Crippen molar-refractivity contribution in [2.75, 3.05) is 53.4 Å². The lowest BCUT2D eigenvalue weighted by Gasteiger charge is -2.27. The standard InChI is InChI=1S/C15H25N3O/c1-17(2)11-12-19-15-6-4-3-5-14(15)13-18-9-7-16-8-10-18/h3-6,16H,7-13H2,1-2H3. The first-order chi connectivity index (χ1) is 9.25. The number of ether oxygens (including phenoxy) is 1. The minimum atomic E-state index is 0.742. The molecule has 4 heteroatoms. The summed E-state index contributed by atoms with van der Waals surface area (Å²) in [5.74, 6) is 1.03. The maximum atomic E-state index is 5.91. The molecule has 0 bridgehead atoms. The van der Waals surface area contributed by atoms with Crippen LogP contribution in [-0.2, 0) is 6.54 Å². The van der Waals surface area contributed by atoms with Gasteiger partial charge in [0, 0.05) is 44.8 Å². The minimum Gasteiger partial charge on any atom is -0.492 e. The van der Waals surface area contributed by atoms with Gasteiger partial charge in [-0.1, -0.05) is 18.2 Å². The van der Waals surface area contributed by atoms with Crippen molar-refractivity contribution < 1.29 is 4.74 Å². The number of para-hydroxylation sites is 1. The average Bonchev–Trinajstić information content (AvgIpc) is 2.41. The van der Waals surface area contributed by atoms with Crippen molar-refractivity contribution in [1.29, 1.82) is 0 Å². The molecule has 1 aliphatic rings. The highest BCUT2D eigenvalue weighted by molar-refractivity contribution is 5.33. The zero-order chi connectivity index (χ0) is 13.5. The third kappa shape index (κ3) is 4.82. The fraction of sp³-hybridized carbons (Fsp3) is 0.600. The summed E-state index contributed by atoms with van der Waals surface area (Å²) in [4.78, 5) is 4.61. The second-order valence-corrected chi connectivity index (χ2v) is 5.29. The van der Waals surface area contributed by atoms with Gasteiger partial charge in [0.15, 0.2) is 0 Å². The largest absolute Gasteiger partial charge is 0.492 e. The summed E-state index contributed by atoms with van der Waals surface area (Å²) < 4.78 is 5.91. The molecule has 106 valence electrons. The molecule has 0 amide bonds. The lowest BCUT2D eigenvalue weighted by Crippen LogP contribution is -2.42. The van der Waals surface area contributed by atoms with Gasteiger partial charge in [0.25, 0.3) is 0 Å². The number of benzene rings is 1. The van der Waals surface area contributed by atoms with E-state index in [2.05, 4.69) is 47.4 Å². The molecule has 0 spiro atoms.